The number of hydrogen-bond donors (Lipinski definition) is 5. The molecule has 0 aromatic heterocycles. The Hall–Kier alpha value is -4.64. The summed E-state index contributed by atoms with van der Waals surface area (Å²) in [6, 6.07) is 10.7. The Labute approximate surface area is 517 Å². The normalized spacial score (nSPS) is 13.1. The minimum absolute atomic E-state index is 0.105. The third kappa shape index (κ3) is 36.6. The number of unbranched alkanes of at least 4 members (excludes halogenated alkanes) is 1. The quantitative estimate of drug-likeness (QED) is 0.0434. The second-order valence-corrected chi connectivity index (χ2v) is 20.6. The van der Waals surface area contributed by atoms with Gasteiger partial charge in [-0.3, -0.25) is 24.0 Å². The van der Waals surface area contributed by atoms with E-state index in [9.17, 15) is 28.8 Å². The highest BCUT2D eigenvalue weighted by molar-refractivity contribution is 6.40. The molecule has 0 spiro atoms. The van der Waals surface area contributed by atoms with Crippen LogP contribution < -0.4 is 26.6 Å². The molecular weight excluding hydrogens is 1170 g/mol. The molecule has 0 saturated heterocycles. The molecule has 1 aliphatic carbocycles. The van der Waals surface area contributed by atoms with Crippen molar-refractivity contribution in [3.63, 3.8) is 0 Å². The summed E-state index contributed by atoms with van der Waals surface area (Å²) >= 11 is 12.4. The van der Waals surface area contributed by atoms with Crippen LogP contribution in [0.2, 0.25) is 10.0 Å². The van der Waals surface area contributed by atoms with Gasteiger partial charge in [-0.15, -0.1) is 0 Å². The van der Waals surface area contributed by atoms with Crippen molar-refractivity contribution in [2.45, 2.75) is 83.6 Å². The van der Waals surface area contributed by atoms with E-state index in [2.05, 4.69) is 33.5 Å². The Morgan fingerprint density at radius 3 is 1.29 bits per heavy atom. The van der Waals surface area contributed by atoms with Crippen LogP contribution in [0.15, 0.2) is 42.5 Å². The maximum absolute atomic E-state index is 13.8. The highest BCUT2D eigenvalue weighted by atomic mass is 35.5. The topological polar surface area (TPSA) is 283 Å². The fourth-order valence-electron chi connectivity index (χ4n) is 8.44. The van der Waals surface area contributed by atoms with E-state index < -0.39 is 23.3 Å². The smallest absolute Gasteiger partial charge is 0.328 e. The van der Waals surface area contributed by atoms with Gasteiger partial charge in [0.1, 0.15) is 6.04 Å². The van der Waals surface area contributed by atoms with E-state index in [1.54, 1.807) is 42.5 Å². The second kappa shape index (κ2) is 50.2. The molecule has 0 radical (unpaired) electrons. The van der Waals surface area contributed by atoms with Gasteiger partial charge >= 0.3 is 5.97 Å². The molecular formula is C60H95Cl2N5O19. The summed E-state index contributed by atoms with van der Waals surface area (Å²) in [4.78, 5) is 75.6. The molecule has 26 heteroatoms. The van der Waals surface area contributed by atoms with Gasteiger partial charge in [-0.05, 0) is 55.5 Å². The molecule has 5 N–H and O–H groups in total. The summed E-state index contributed by atoms with van der Waals surface area (Å²) in [6.07, 6.45) is 6.02. The van der Waals surface area contributed by atoms with Gasteiger partial charge in [0.15, 0.2) is 0 Å². The van der Waals surface area contributed by atoms with Crippen molar-refractivity contribution in [2.75, 3.05) is 191 Å². The summed E-state index contributed by atoms with van der Waals surface area (Å²) in [6.45, 7) is 13.4. The predicted molar refractivity (Wildman–Crippen MR) is 322 cm³/mol. The van der Waals surface area contributed by atoms with Crippen LogP contribution in [-0.2, 0) is 92.0 Å². The summed E-state index contributed by atoms with van der Waals surface area (Å²) in [5.74, 6) is -1.76. The molecule has 0 bridgehead atoms. The standard InChI is InChI=1S/C60H95Cl2N5O19/c1-3-4-20-63-53(68)14-15-54(69)65-22-24-76-26-28-78-30-32-80-34-36-82-38-40-84-42-44-86-46-45-85-43-41-83-39-37-81-35-33-79-31-29-77-27-25-75-23-16-55(70)64-21-19-60(17-5-6-18-60)59(73)67-52(58(72)74-2)47-48-10-12-49(13-11-48)66-57(71)56-50(61)8-7-9-51(56)62/h7-13,52H,3-6,14-47H2,1-2H3,(H,63,68)(H,64,70)(H,65,69)(H,66,71)(H,67,73)/t52-/m0/s1. The molecule has 1 aliphatic rings. The Balaban J connectivity index is 1.02. The zero-order valence-corrected chi connectivity index (χ0v) is 52.0. The lowest BCUT2D eigenvalue weighted by molar-refractivity contribution is -0.146. The van der Waals surface area contributed by atoms with Gasteiger partial charge in [-0.25, -0.2) is 4.79 Å². The van der Waals surface area contributed by atoms with Gasteiger partial charge in [0.25, 0.3) is 5.91 Å². The molecule has 0 aliphatic heterocycles. The number of nitrogens with one attached hydrogen (secondary N) is 5. The molecule has 1 atom stereocenters. The molecule has 488 valence electrons. The van der Waals surface area contributed by atoms with Crippen LogP contribution in [0.4, 0.5) is 5.69 Å². The van der Waals surface area contributed by atoms with E-state index in [1.807, 2.05) is 0 Å². The Bertz CT molecular complexity index is 2130. The van der Waals surface area contributed by atoms with E-state index in [0.29, 0.717) is 197 Å². The average Bonchev–Trinajstić information content (AvgIpc) is 4.15. The van der Waals surface area contributed by atoms with Gasteiger partial charge in [0, 0.05) is 51.0 Å². The lowest BCUT2D eigenvalue weighted by Crippen LogP contribution is -2.50. The third-order valence-corrected chi connectivity index (χ3v) is 13.8. The van der Waals surface area contributed by atoms with Gasteiger partial charge in [-0.2, -0.15) is 0 Å². The predicted octanol–water partition coefficient (Wildman–Crippen LogP) is 4.91. The van der Waals surface area contributed by atoms with Crippen LogP contribution in [0.25, 0.3) is 0 Å². The summed E-state index contributed by atoms with van der Waals surface area (Å²) in [7, 11) is 1.27. The number of esters is 1. The molecule has 3 rings (SSSR count). The molecule has 24 nitrogen and oxygen atoms in total. The van der Waals surface area contributed by atoms with E-state index in [-0.39, 0.29) is 71.5 Å². The van der Waals surface area contributed by atoms with Gasteiger partial charge in [-0.1, -0.05) is 67.6 Å². The minimum atomic E-state index is -0.946. The van der Waals surface area contributed by atoms with E-state index in [0.717, 1.165) is 31.2 Å². The van der Waals surface area contributed by atoms with Crippen molar-refractivity contribution < 1.29 is 90.3 Å². The first-order valence-corrected chi connectivity index (χ1v) is 30.7. The number of hydrogen-bond acceptors (Lipinski definition) is 19. The van der Waals surface area contributed by atoms with Gasteiger partial charge < -0.3 is 88.2 Å². The SMILES string of the molecule is CCCCNC(=O)CCC(=O)NCCOCCOCCOCCOCCOCCOCCOCCOCCOCCOCCOCCOCCC(=O)NCCC1(C(=O)N[C@@H](Cc2ccc(NC(=O)c3c(Cl)cccc3Cl)cc2)C(=O)OC)CCCC1. The van der Waals surface area contributed by atoms with Crippen LogP contribution in [-0.4, -0.2) is 227 Å². The molecule has 0 heterocycles. The first-order chi connectivity index (χ1) is 42.0. The third-order valence-electron chi connectivity index (χ3n) is 13.2. The molecule has 86 heavy (non-hydrogen) atoms. The Kier molecular flexibility index (Phi) is 44.2. The maximum Gasteiger partial charge on any atom is 0.328 e. The Morgan fingerprint density at radius 1 is 0.488 bits per heavy atom. The van der Waals surface area contributed by atoms with E-state index in [4.69, 9.17) is 84.8 Å². The number of carbonyl (C=O) groups excluding carboxylic acids is 6. The monoisotopic (exact) mass is 1260 g/mol. The lowest BCUT2D eigenvalue weighted by atomic mass is 9.81. The molecule has 1 saturated carbocycles. The molecule has 2 aromatic rings. The van der Waals surface area contributed by atoms with Crippen molar-refractivity contribution in [1.29, 1.82) is 0 Å². The van der Waals surface area contributed by atoms with Gasteiger partial charge in [0.2, 0.25) is 23.6 Å². The van der Waals surface area contributed by atoms with Gasteiger partial charge in [0.05, 0.1) is 187 Å². The number of halogens is 2. The zero-order valence-electron chi connectivity index (χ0n) is 50.5. The Morgan fingerprint density at radius 2 is 0.872 bits per heavy atom. The number of methoxy groups -OCH3 is 1. The number of rotatable bonds is 55. The number of carbonyl (C=O) groups is 6. The largest absolute Gasteiger partial charge is 0.467 e. The fourth-order valence-corrected chi connectivity index (χ4v) is 9.01. The van der Waals surface area contributed by atoms with Crippen LogP contribution in [0.3, 0.4) is 0 Å². The molecule has 1 fully saturated rings. The summed E-state index contributed by atoms with van der Waals surface area (Å²) < 4.78 is 71.2. The van der Waals surface area contributed by atoms with E-state index >= 15 is 0 Å². The average molecular weight is 1260 g/mol. The maximum atomic E-state index is 13.8. The number of benzene rings is 2. The lowest BCUT2D eigenvalue weighted by Gasteiger charge is -2.30. The highest BCUT2D eigenvalue weighted by Gasteiger charge is 2.42. The summed E-state index contributed by atoms with van der Waals surface area (Å²) in [5.41, 5.74) is 0.657. The van der Waals surface area contributed by atoms with Crippen LogP contribution in [0.1, 0.15) is 87.1 Å². The zero-order chi connectivity index (χ0) is 62.0. The van der Waals surface area contributed by atoms with Crippen molar-refractivity contribution in [3.8, 4) is 0 Å². The van der Waals surface area contributed by atoms with Crippen LogP contribution in [0, 0.1) is 5.41 Å². The number of ether oxygens (including phenoxy) is 13. The van der Waals surface area contributed by atoms with Crippen molar-refractivity contribution >= 4 is 64.4 Å². The van der Waals surface area contributed by atoms with Crippen LogP contribution >= 0.6 is 23.2 Å². The van der Waals surface area contributed by atoms with Crippen molar-refractivity contribution in [3.05, 3.63) is 63.6 Å². The molecule has 0 unspecified atom stereocenters. The van der Waals surface area contributed by atoms with E-state index in [1.165, 1.54) is 7.11 Å². The first-order valence-electron chi connectivity index (χ1n) is 29.9. The van der Waals surface area contributed by atoms with Crippen molar-refractivity contribution in [2.24, 2.45) is 5.41 Å². The number of amides is 5. The summed E-state index contributed by atoms with van der Waals surface area (Å²) in [5, 5.41) is 14.6. The number of anilines is 1. The van der Waals surface area contributed by atoms with Crippen molar-refractivity contribution in [1.82, 2.24) is 21.3 Å². The highest BCUT2D eigenvalue weighted by Crippen LogP contribution is 2.41. The minimum Gasteiger partial charge on any atom is -0.467 e. The first kappa shape index (κ1) is 75.6. The second-order valence-electron chi connectivity index (χ2n) is 19.7. The molecule has 5 amide bonds. The molecule has 2 aromatic carbocycles. The fraction of sp³-hybridized carbons (Fsp3) is 0.700. The van der Waals surface area contributed by atoms with Crippen LogP contribution in [0.5, 0.6) is 0 Å².